The Morgan fingerprint density at radius 3 is 2.42 bits per heavy atom. The molecule has 0 saturated carbocycles. The normalized spacial score (nSPS) is 11.9. The summed E-state index contributed by atoms with van der Waals surface area (Å²) in [7, 11) is 1.70. The number of likely N-dealkylation sites (N-methyl/N-ethyl adjacent to an activating group) is 1. The smallest absolute Gasteiger partial charge is 0.241 e. The number of thioether (sulfide) groups is 1. The SMILES string of the molecule is CSc1ccccc1NC(=O)[C@H](C)N(C)CC(=O)Nc1ccc(F)cc1. The maximum atomic E-state index is 12.9. The number of benzene rings is 2. The zero-order valence-electron chi connectivity index (χ0n) is 15.0. The predicted molar refractivity (Wildman–Crippen MR) is 104 cm³/mol. The number of carbonyl (C=O) groups excluding carboxylic acids is 2. The highest BCUT2D eigenvalue weighted by Crippen LogP contribution is 2.24. The minimum absolute atomic E-state index is 0.0378. The van der Waals surface area contributed by atoms with Crippen LogP contribution in [0.2, 0.25) is 0 Å². The highest BCUT2D eigenvalue weighted by Gasteiger charge is 2.21. The van der Waals surface area contributed by atoms with E-state index in [1.165, 1.54) is 24.3 Å². The third-order valence-electron chi connectivity index (χ3n) is 3.93. The largest absolute Gasteiger partial charge is 0.325 e. The molecule has 2 aromatic carbocycles. The molecule has 2 N–H and O–H groups in total. The molecule has 0 aliphatic rings. The standard InChI is InChI=1S/C19H22FN3O2S/c1-13(19(25)22-16-6-4-5-7-17(16)26-3)23(2)12-18(24)21-15-10-8-14(20)9-11-15/h4-11,13H,12H2,1-3H3,(H,21,24)(H,22,25)/t13-/m0/s1. The second kappa shape index (κ2) is 9.35. The number of hydrogen-bond acceptors (Lipinski definition) is 4. The summed E-state index contributed by atoms with van der Waals surface area (Å²) < 4.78 is 12.9. The minimum Gasteiger partial charge on any atom is -0.325 e. The Hall–Kier alpha value is -2.38. The van der Waals surface area contributed by atoms with Gasteiger partial charge in [-0.1, -0.05) is 12.1 Å². The van der Waals surface area contributed by atoms with Gasteiger partial charge in [0.15, 0.2) is 0 Å². The van der Waals surface area contributed by atoms with Crippen molar-refractivity contribution < 1.29 is 14.0 Å². The van der Waals surface area contributed by atoms with Crippen LogP contribution in [-0.4, -0.2) is 42.6 Å². The Bertz CT molecular complexity index is 768. The first-order chi connectivity index (χ1) is 12.4. The molecule has 0 fully saturated rings. The number of anilines is 2. The van der Waals surface area contributed by atoms with Crippen molar-refractivity contribution in [3.05, 3.63) is 54.3 Å². The van der Waals surface area contributed by atoms with E-state index in [9.17, 15) is 14.0 Å². The lowest BCUT2D eigenvalue weighted by Gasteiger charge is -2.23. The first-order valence-electron chi connectivity index (χ1n) is 8.10. The van der Waals surface area contributed by atoms with Crippen LogP contribution in [0, 0.1) is 5.82 Å². The van der Waals surface area contributed by atoms with Gasteiger partial charge in [0.2, 0.25) is 11.8 Å². The average Bonchev–Trinajstić information content (AvgIpc) is 2.63. The van der Waals surface area contributed by atoms with E-state index in [-0.39, 0.29) is 24.2 Å². The third kappa shape index (κ3) is 5.57. The Kier molecular flexibility index (Phi) is 7.17. The first-order valence-corrected chi connectivity index (χ1v) is 9.32. The molecule has 0 unspecified atom stereocenters. The van der Waals surface area contributed by atoms with Crippen molar-refractivity contribution in [1.29, 1.82) is 0 Å². The molecule has 0 aliphatic carbocycles. The molecule has 0 aliphatic heterocycles. The third-order valence-corrected chi connectivity index (χ3v) is 4.72. The van der Waals surface area contributed by atoms with Crippen molar-refractivity contribution in [2.45, 2.75) is 17.9 Å². The first kappa shape index (κ1) is 19.9. The van der Waals surface area contributed by atoms with Crippen LogP contribution in [0.4, 0.5) is 15.8 Å². The number of halogens is 1. The summed E-state index contributed by atoms with van der Waals surface area (Å²) in [6, 6.07) is 12.6. The lowest BCUT2D eigenvalue weighted by molar-refractivity contribution is -0.122. The van der Waals surface area contributed by atoms with Crippen LogP contribution in [0.1, 0.15) is 6.92 Å². The van der Waals surface area contributed by atoms with E-state index in [2.05, 4.69) is 10.6 Å². The summed E-state index contributed by atoms with van der Waals surface area (Å²) in [5.41, 5.74) is 1.26. The summed E-state index contributed by atoms with van der Waals surface area (Å²) >= 11 is 1.55. The maximum Gasteiger partial charge on any atom is 0.241 e. The zero-order chi connectivity index (χ0) is 19.1. The Balaban J connectivity index is 1.91. The van der Waals surface area contributed by atoms with Crippen LogP contribution in [0.5, 0.6) is 0 Å². The van der Waals surface area contributed by atoms with Crippen molar-refractivity contribution in [2.75, 3.05) is 30.5 Å². The van der Waals surface area contributed by atoms with Gasteiger partial charge in [-0.3, -0.25) is 14.5 Å². The summed E-state index contributed by atoms with van der Waals surface area (Å²) in [6.45, 7) is 1.78. The van der Waals surface area contributed by atoms with Gasteiger partial charge in [0, 0.05) is 10.6 Å². The molecule has 26 heavy (non-hydrogen) atoms. The number of nitrogens with zero attached hydrogens (tertiary/aromatic N) is 1. The van der Waals surface area contributed by atoms with E-state index in [1.807, 2.05) is 30.5 Å². The lowest BCUT2D eigenvalue weighted by Crippen LogP contribution is -2.43. The molecule has 5 nitrogen and oxygen atoms in total. The fourth-order valence-corrected chi connectivity index (χ4v) is 2.84. The van der Waals surface area contributed by atoms with Crippen molar-refractivity contribution in [1.82, 2.24) is 4.90 Å². The molecule has 0 heterocycles. The van der Waals surface area contributed by atoms with E-state index >= 15 is 0 Å². The van der Waals surface area contributed by atoms with Gasteiger partial charge >= 0.3 is 0 Å². The van der Waals surface area contributed by atoms with E-state index in [1.54, 1.807) is 30.6 Å². The minimum atomic E-state index is -0.496. The summed E-state index contributed by atoms with van der Waals surface area (Å²) in [5.74, 6) is -0.831. The quantitative estimate of drug-likeness (QED) is 0.728. The molecule has 0 spiro atoms. The van der Waals surface area contributed by atoms with Crippen LogP contribution in [-0.2, 0) is 9.59 Å². The van der Waals surface area contributed by atoms with Crippen molar-refractivity contribution in [2.24, 2.45) is 0 Å². The van der Waals surface area contributed by atoms with Crippen LogP contribution in [0.3, 0.4) is 0 Å². The van der Waals surface area contributed by atoms with Gasteiger partial charge in [-0.2, -0.15) is 0 Å². The van der Waals surface area contributed by atoms with Crippen molar-refractivity contribution in [3.8, 4) is 0 Å². The van der Waals surface area contributed by atoms with Gasteiger partial charge in [-0.05, 0) is 56.6 Å². The number of amides is 2. The van der Waals surface area contributed by atoms with Gasteiger partial charge in [-0.15, -0.1) is 11.8 Å². The zero-order valence-corrected chi connectivity index (χ0v) is 15.8. The van der Waals surface area contributed by atoms with Crippen LogP contribution < -0.4 is 10.6 Å². The molecule has 0 aromatic heterocycles. The van der Waals surface area contributed by atoms with Crippen molar-refractivity contribution >= 4 is 35.0 Å². The fraction of sp³-hybridized carbons (Fsp3) is 0.263. The number of carbonyl (C=O) groups is 2. The molecule has 1 atom stereocenters. The van der Waals surface area contributed by atoms with Crippen LogP contribution in [0.25, 0.3) is 0 Å². The van der Waals surface area contributed by atoms with Crippen molar-refractivity contribution in [3.63, 3.8) is 0 Å². The summed E-state index contributed by atoms with van der Waals surface area (Å²) in [5, 5.41) is 5.58. The number of rotatable bonds is 7. The Morgan fingerprint density at radius 1 is 1.12 bits per heavy atom. The predicted octanol–water partition coefficient (Wildman–Crippen LogP) is 3.45. The highest BCUT2D eigenvalue weighted by atomic mass is 32.2. The molecule has 0 bridgehead atoms. The van der Waals surface area contributed by atoms with E-state index < -0.39 is 6.04 Å². The second-order valence-corrected chi connectivity index (χ2v) is 6.68. The summed E-state index contributed by atoms with van der Waals surface area (Å²) in [6.07, 6.45) is 1.94. The van der Waals surface area contributed by atoms with Crippen LogP contribution in [0.15, 0.2) is 53.4 Å². The Morgan fingerprint density at radius 2 is 1.77 bits per heavy atom. The molecule has 138 valence electrons. The van der Waals surface area contributed by atoms with Gasteiger partial charge in [0.1, 0.15) is 5.82 Å². The van der Waals surface area contributed by atoms with Gasteiger partial charge in [0.25, 0.3) is 0 Å². The number of nitrogens with one attached hydrogen (secondary N) is 2. The molecular weight excluding hydrogens is 353 g/mol. The molecular formula is C19H22FN3O2S. The van der Waals surface area contributed by atoms with Gasteiger partial charge in [0.05, 0.1) is 18.3 Å². The summed E-state index contributed by atoms with van der Waals surface area (Å²) in [4.78, 5) is 27.2. The fourth-order valence-electron chi connectivity index (χ4n) is 2.28. The molecule has 2 aromatic rings. The number of hydrogen-bond donors (Lipinski definition) is 2. The average molecular weight is 375 g/mol. The Labute approximate surface area is 157 Å². The topological polar surface area (TPSA) is 61.4 Å². The second-order valence-electron chi connectivity index (χ2n) is 5.84. The lowest BCUT2D eigenvalue weighted by atomic mass is 10.2. The molecule has 7 heteroatoms. The monoisotopic (exact) mass is 375 g/mol. The van der Waals surface area contributed by atoms with Crippen LogP contribution >= 0.6 is 11.8 Å². The van der Waals surface area contributed by atoms with Gasteiger partial charge in [-0.25, -0.2) is 4.39 Å². The maximum absolute atomic E-state index is 12.9. The molecule has 0 radical (unpaired) electrons. The molecule has 2 amide bonds. The number of para-hydroxylation sites is 1. The van der Waals surface area contributed by atoms with E-state index in [4.69, 9.17) is 0 Å². The van der Waals surface area contributed by atoms with E-state index in [0.717, 1.165) is 10.6 Å². The highest BCUT2D eigenvalue weighted by molar-refractivity contribution is 7.98. The van der Waals surface area contributed by atoms with Gasteiger partial charge < -0.3 is 10.6 Å². The van der Waals surface area contributed by atoms with E-state index in [0.29, 0.717) is 5.69 Å². The molecule has 2 rings (SSSR count). The molecule has 0 saturated heterocycles.